The molecule has 0 unspecified atom stereocenters. The van der Waals surface area contributed by atoms with E-state index in [9.17, 15) is 13.4 Å². The van der Waals surface area contributed by atoms with Crippen molar-refractivity contribution in [3.63, 3.8) is 0 Å². The molecule has 0 amide bonds. The van der Waals surface area contributed by atoms with Crippen LogP contribution in [-0.4, -0.2) is 7.11 Å². The number of hydrogen-bond acceptors (Lipinski definition) is 3. The van der Waals surface area contributed by atoms with Gasteiger partial charge in [-0.1, -0.05) is 30.9 Å². The van der Waals surface area contributed by atoms with Crippen molar-refractivity contribution in [2.75, 3.05) is 17.7 Å². The van der Waals surface area contributed by atoms with Crippen molar-refractivity contribution < 1.29 is 18.3 Å². The predicted octanol–water partition coefficient (Wildman–Crippen LogP) is 2.51. The van der Waals surface area contributed by atoms with Crippen LogP contribution in [0.3, 0.4) is 0 Å². The van der Waals surface area contributed by atoms with Gasteiger partial charge in [0, 0.05) is 0 Å². The van der Waals surface area contributed by atoms with Gasteiger partial charge in [-0.25, -0.2) is 4.84 Å². The van der Waals surface area contributed by atoms with Gasteiger partial charge in [0.2, 0.25) is 0 Å². The third-order valence-electron chi connectivity index (χ3n) is 1.41. The fourth-order valence-electron chi connectivity index (χ4n) is 0.854. The van der Waals surface area contributed by atoms with E-state index in [0.717, 1.165) is 13.2 Å². The highest BCUT2D eigenvalue weighted by atomic mass is 19.4. The van der Waals surface area contributed by atoms with E-state index in [1.807, 2.05) is 0 Å². The van der Waals surface area contributed by atoms with E-state index in [1.54, 1.807) is 0 Å². The van der Waals surface area contributed by atoms with Gasteiger partial charge < -0.3 is 0 Å². The molecular weight excluding hydrogens is 185 g/mol. The molecule has 0 aliphatic rings. The van der Waals surface area contributed by atoms with Crippen LogP contribution in [0.4, 0.5) is 24.8 Å². The van der Waals surface area contributed by atoms with Crippen LogP contribution in [0.1, 0.15) is 0 Å². The molecule has 6 heteroatoms. The highest BCUT2D eigenvalue weighted by molar-refractivity contribution is 5.66. The molecule has 1 aromatic carbocycles. The number of para-hydroxylation sites is 2. The third-order valence-corrected chi connectivity index (χ3v) is 1.41. The van der Waals surface area contributed by atoms with Crippen molar-refractivity contribution >= 4 is 11.4 Å². The second-order valence-electron chi connectivity index (χ2n) is 2.15. The number of halogens is 3. The van der Waals surface area contributed by atoms with E-state index in [0.29, 0.717) is 0 Å². The first-order valence-corrected chi connectivity index (χ1v) is 3.37. The normalized spacial score (nSPS) is 9.85. The summed E-state index contributed by atoms with van der Waals surface area (Å²) in [6, 6.07) is 5.04. The number of anilines is 2. The Balaban J connectivity index is 3.04. The standard InChI is InChI=1S/C7H7F3N2O/c1-13-12(10)7-5-3-2-4-6(7)11(8)9/h2-5H,1H3. The summed E-state index contributed by atoms with van der Waals surface area (Å²) in [7, 11) is 1.04. The van der Waals surface area contributed by atoms with Crippen LogP contribution < -0.4 is 10.6 Å². The van der Waals surface area contributed by atoms with E-state index < -0.39 is 11.0 Å². The minimum atomic E-state index is -1.18. The molecule has 0 heterocycles. The molecule has 0 spiro atoms. The van der Waals surface area contributed by atoms with Crippen LogP contribution >= 0.6 is 0 Å². The monoisotopic (exact) mass is 192 g/mol. The zero-order chi connectivity index (χ0) is 9.84. The van der Waals surface area contributed by atoms with Gasteiger partial charge in [0.1, 0.15) is 11.4 Å². The summed E-state index contributed by atoms with van der Waals surface area (Å²) in [6.07, 6.45) is 0. The smallest absolute Gasteiger partial charge is 0.134 e. The van der Waals surface area contributed by atoms with E-state index >= 15 is 0 Å². The molecule has 1 aromatic rings. The number of benzene rings is 1. The lowest BCUT2D eigenvalue weighted by Crippen LogP contribution is -2.12. The number of hydrogen-bond donors (Lipinski definition) is 0. The SMILES string of the molecule is CON(F)c1ccccc1N(F)F. The first-order chi connectivity index (χ1) is 6.16. The van der Waals surface area contributed by atoms with Crippen molar-refractivity contribution in [3.05, 3.63) is 24.3 Å². The Labute approximate surface area is 72.7 Å². The predicted molar refractivity (Wildman–Crippen MR) is 41.7 cm³/mol. The third kappa shape index (κ3) is 2.03. The molecule has 0 bridgehead atoms. The van der Waals surface area contributed by atoms with Crippen LogP contribution in [0, 0.1) is 0 Å². The van der Waals surface area contributed by atoms with Crippen molar-refractivity contribution in [1.82, 2.24) is 0 Å². The summed E-state index contributed by atoms with van der Waals surface area (Å²) in [4.78, 5) is 4.13. The van der Waals surface area contributed by atoms with Crippen molar-refractivity contribution in [2.45, 2.75) is 0 Å². The summed E-state index contributed by atoms with van der Waals surface area (Å²) in [6.45, 7) is 0. The Kier molecular flexibility index (Phi) is 2.97. The van der Waals surface area contributed by atoms with Crippen LogP contribution in [0.25, 0.3) is 0 Å². The average molecular weight is 192 g/mol. The molecule has 1 rings (SSSR count). The minimum absolute atomic E-state index is 0.235. The lowest BCUT2D eigenvalue weighted by molar-refractivity contribution is 0.0591. The maximum Gasteiger partial charge on any atom is 0.134 e. The molecular formula is C7H7F3N2O. The average Bonchev–Trinajstić information content (AvgIpc) is 2.16. The number of rotatable bonds is 3. The van der Waals surface area contributed by atoms with Gasteiger partial charge in [-0.15, -0.1) is 0 Å². The summed E-state index contributed by atoms with van der Waals surface area (Å²) in [5.74, 6) is 0. The van der Waals surface area contributed by atoms with Gasteiger partial charge >= 0.3 is 0 Å². The Morgan fingerprint density at radius 3 is 2.08 bits per heavy atom. The van der Waals surface area contributed by atoms with Gasteiger partial charge in [0.15, 0.2) is 0 Å². The summed E-state index contributed by atoms with van der Waals surface area (Å²) in [5, 5.41) is -1.41. The molecule has 0 aromatic heterocycles. The molecule has 72 valence electrons. The van der Waals surface area contributed by atoms with Crippen LogP contribution in [-0.2, 0) is 4.84 Å². The van der Waals surface area contributed by atoms with E-state index in [-0.39, 0.29) is 11.0 Å². The fraction of sp³-hybridized carbons (Fsp3) is 0.143. The molecule has 0 aliphatic heterocycles. The van der Waals surface area contributed by atoms with E-state index in [1.165, 1.54) is 18.2 Å². The van der Waals surface area contributed by atoms with Crippen molar-refractivity contribution in [2.24, 2.45) is 0 Å². The zero-order valence-corrected chi connectivity index (χ0v) is 6.75. The van der Waals surface area contributed by atoms with Gasteiger partial charge in [-0.2, -0.15) is 0 Å². The van der Waals surface area contributed by atoms with Crippen molar-refractivity contribution in [1.29, 1.82) is 0 Å². The second-order valence-corrected chi connectivity index (χ2v) is 2.15. The summed E-state index contributed by atoms with van der Waals surface area (Å²) >= 11 is 0. The largest absolute Gasteiger partial charge is 0.248 e. The topological polar surface area (TPSA) is 15.7 Å². The molecule has 13 heavy (non-hydrogen) atoms. The second kappa shape index (κ2) is 3.99. The van der Waals surface area contributed by atoms with E-state index in [2.05, 4.69) is 4.84 Å². The molecule has 0 radical (unpaired) electrons. The quantitative estimate of drug-likeness (QED) is 0.540. The summed E-state index contributed by atoms with van der Waals surface area (Å²) < 4.78 is 37.0. The Hall–Kier alpha value is -1.43. The summed E-state index contributed by atoms with van der Waals surface area (Å²) in [5.41, 5.74) is -0.915. The Bertz CT molecular complexity index is 282. The van der Waals surface area contributed by atoms with Crippen LogP contribution in [0.5, 0.6) is 0 Å². The lowest BCUT2D eigenvalue weighted by atomic mass is 10.3. The first kappa shape index (κ1) is 9.66. The molecule has 0 N–H and O–H groups in total. The molecule has 3 nitrogen and oxygen atoms in total. The van der Waals surface area contributed by atoms with Crippen LogP contribution in [0.15, 0.2) is 24.3 Å². The zero-order valence-electron chi connectivity index (χ0n) is 6.75. The molecule has 0 fully saturated rings. The fourth-order valence-corrected chi connectivity index (χ4v) is 0.854. The molecule has 0 saturated carbocycles. The molecule has 0 saturated heterocycles. The van der Waals surface area contributed by atoms with E-state index in [4.69, 9.17) is 0 Å². The first-order valence-electron chi connectivity index (χ1n) is 3.37. The van der Waals surface area contributed by atoms with Gasteiger partial charge in [0.05, 0.1) is 7.11 Å². The minimum Gasteiger partial charge on any atom is -0.248 e. The Morgan fingerprint density at radius 1 is 1.08 bits per heavy atom. The highest BCUT2D eigenvalue weighted by Gasteiger charge is 2.15. The van der Waals surface area contributed by atoms with Crippen LogP contribution in [0.2, 0.25) is 0 Å². The van der Waals surface area contributed by atoms with Crippen molar-refractivity contribution in [3.8, 4) is 0 Å². The highest BCUT2D eigenvalue weighted by Crippen LogP contribution is 2.29. The Morgan fingerprint density at radius 2 is 1.62 bits per heavy atom. The molecule has 0 aliphatic carbocycles. The molecule has 0 atom stereocenters. The van der Waals surface area contributed by atoms with Gasteiger partial charge in [-0.05, 0) is 17.5 Å². The maximum atomic E-state index is 12.7. The van der Waals surface area contributed by atoms with Gasteiger partial charge in [-0.3, -0.25) is 0 Å². The van der Waals surface area contributed by atoms with Gasteiger partial charge in [0.25, 0.3) is 0 Å². The number of nitrogens with zero attached hydrogens (tertiary/aromatic N) is 2. The lowest BCUT2D eigenvalue weighted by Gasteiger charge is -2.13. The maximum absolute atomic E-state index is 12.7.